The number of ketones is 3. The number of benzene rings is 2. The molecule has 1 unspecified atom stereocenters. The largest absolute Gasteiger partial charge is 0.299 e. The third-order valence-corrected chi connectivity index (χ3v) is 4.62. The van der Waals surface area contributed by atoms with E-state index in [0.29, 0.717) is 22.3 Å². The first-order valence-corrected chi connectivity index (χ1v) is 7.65. The maximum Gasteiger partial charge on any atom is 0.190 e. The molecule has 0 bridgehead atoms. The van der Waals surface area contributed by atoms with Crippen LogP contribution in [0.25, 0.3) is 0 Å². The summed E-state index contributed by atoms with van der Waals surface area (Å²) in [5, 5.41) is 0. The molecule has 0 fully saturated rings. The SMILES string of the molecule is O=C1CC2=C(C(=O)c3ccccc3C2=O)C(c2ccccc2)C1. The second-order valence-corrected chi connectivity index (χ2v) is 5.98. The molecule has 0 N–H and O–H groups in total. The van der Waals surface area contributed by atoms with Crippen LogP contribution in [0.4, 0.5) is 0 Å². The highest BCUT2D eigenvalue weighted by Gasteiger charge is 2.40. The number of fused-ring (bicyclic) bond motifs is 1. The van der Waals surface area contributed by atoms with Gasteiger partial charge in [-0.2, -0.15) is 0 Å². The fourth-order valence-electron chi connectivity index (χ4n) is 3.56. The second kappa shape index (κ2) is 5.13. The molecule has 112 valence electrons. The van der Waals surface area contributed by atoms with Crippen LogP contribution in [0.2, 0.25) is 0 Å². The monoisotopic (exact) mass is 302 g/mol. The molecule has 2 aromatic rings. The number of carbonyl (C=O) groups is 3. The Bertz CT molecular complexity index is 875. The van der Waals surface area contributed by atoms with Gasteiger partial charge in [0.05, 0.1) is 0 Å². The molecule has 3 heteroatoms. The van der Waals surface area contributed by atoms with Crippen molar-refractivity contribution in [2.75, 3.05) is 0 Å². The lowest BCUT2D eigenvalue weighted by molar-refractivity contribution is -0.119. The number of hydrogen-bond donors (Lipinski definition) is 0. The minimum absolute atomic E-state index is 0.0122. The van der Waals surface area contributed by atoms with Gasteiger partial charge in [-0.15, -0.1) is 0 Å². The summed E-state index contributed by atoms with van der Waals surface area (Å²) in [6.45, 7) is 0. The van der Waals surface area contributed by atoms with Crippen LogP contribution < -0.4 is 0 Å². The highest BCUT2D eigenvalue weighted by molar-refractivity contribution is 6.29. The zero-order valence-corrected chi connectivity index (χ0v) is 12.4. The van der Waals surface area contributed by atoms with Crippen LogP contribution in [0.1, 0.15) is 45.0 Å². The predicted octanol–water partition coefficient (Wildman–Crippen LogP) is 3.51. The molecule has 23 heavy (non-hydrogen) atoms. The van der Waals surface area contributed by atoms with Crippen LogP contribution in [0.15, 0.2) is 65.7 Å². The average Bonchev–Trinajstić information content (AvgIpc) is 2.59. The number of Topliss-reactive ketones (excluding diaryl/α,β-unsaturated/α-hetero) is 3. The van der Waals surface area contributed by atoms with Crippen LogP contribution in [0.3, 0.4) is 0 Å². The molecular weight excluding hydrogens is 288 g/mol. The third kappa shape index (κ3) is 2.08. The lowest BCUT2D eigenvalue weighted by Gasteiger charge is -2.30. The lowest BCUT2D eigenvalue weighted by Crippen LogP contribution is -2.31. The molecule has 0 aromatic heterocycles. The quantitative estimate of drug-likeness (QED) is 0.810. The van der Waals surface area contributed by atoms with Crippen molar-refractivity contribution in [1.82, 2.24) is 0 Å². The van der Waals surface area contributed by atoms with Gasteiger partial charge in [-0.3, -0.25) is 14.4 Å². The predicted molar refractivity (Wildman–Crippen MR) is 85.6 cm³/mol. The number of carbonyl (C=O) groups excluding carboxylic acids is 3. The van der Waals surface area contributed by atoms with Gasteiger partial charge < -0.3 is 0 Å². The molecule has 0 saturated heterocycles. The minimum Gasteiger partial charge on any atom is -0.299 e. The highest BCUT2D eigenvalue weighted by atomic mass is 16.1. The molecule has 0 heterocycles. The van der Waals surface area contributed by atoms with E-state index in [1.807, 2.05) is 30.3 Å². The summed E-state index contributed by atoms with van der Waals surface area (Å²) in [4.78, 5) is 37.9. The summed E-state index contributed by atoms with van der Waals surface area (Å²) in [7, 11) is 0. The Balaban J connectivity index is 1.93. The fourth-order valence-corrected chi connectivity index (χ4v) is 3.56. The minimum atomic E-state index is -0.322. The van der Waals surface area contributed by atoms with Crippen molar-refractivity contribution in [3.63, 3.8) is 0 Å². The van der Waals surface area contributed by atoms with E-state index >= 15 is 0 Å². The Morgan fingerprint density at radius 1 is 0.739 bits per heavy atom. The van der Waals surface area contributed by atoms with Crippen LogP contribution in [0, 0.1) is 0 Å². The molecule has 0 aliphatic heterocycles. The maximum atomic E-state index is 13.0. The van der Waals surface area contributed by atoms with Crippen molar-refractivity contribution in [1.29, 1.82) is 0 Å². The Hall–Kier alpha value is -2.81. The molecular formula is C20H14O3. The Morgan fingerprint density at radius 2 is 1.35 bits per heavy atom. The highest BCUT2D eigenvalue weighted by Crippen LogP contribution is 2.42. The fraction of sp³-hybridized carbons (Fsp3) is 0.150. The molecule has 0 radical (unpaired) electrons. The molecule has 1 atom stereocenters. The lowest BCUT2D eigenvalue weighted by atomic mass is 9.70. The van der Waals surface area contributed by atoms with Crippen LogP contribution >= 0.6 is 0 Å². The molecule has 0 saturated carbocycles. The normalized spacial score (nSPS) is 20.3. The second-order valence-electron chi connectivity index (χ2n) is 5.98. The van der Waals surface area contributed by atoms with Crippen molar-refractivity contribution in [3.05, 3.63) is 82.4 Å². The molecule has 2 aliphatic carbocycles. The molecule has 4 rings (SSSR count). The summed E-state index contributed by atoms with van der Waals surface area (Å²) in [5.74, 6) is -0.601. The van der Waals surface area contributed by atoms with E-state index < -0.39 is 0 Å². The van der Waals surface area contributed by atoms with Crippen molar-refractivity contribution in [3.8, 4) is 0 Å². The third-order valence-electron chi connectivity index (χ3n) is 4.62. The van der Waals surface area contributed by atoms with E-state index in [2.05, 4.69) is 0 Å². The summed E-state index contributed by atoms with van der Waals surface area (Å²) in [5.41, 5.74) is 2.68. The van der Waals surface area contributed by atoms with Crippen molar-refractivity contribution < 1.29 is 14.4 Å². The van der Waals surface area contributed by atoms with Gasteiger partial charge in [-0.05, 0) is 5.56 Å². The Labute approximate surface area is 133 Å². The van der Waals surface area contributed by atoms with Crippen molar-refractivity contribution in [2.45, 2.75) is 18.8 Å². The van der Waals surface area contributed by atoms with Gasteiger partial charge in [0.2, 0.25) is 0 Å². The Morgan fingerprint density at radius 3 is 2.04 bits per heavy atom. The van der Waals surface area contributed by atoms with Gasteiger partial charge in [-0.1, -0.05) is 54.6 Å². The zero-order chi connectivity index (χ0) is 16.0. The van der Waals surface area contributed by atoms with E-state index in [0.717, 1.165) is 5.56 Å². The number of hydrogen-bond acceptors (Lipinski definition) is 3. The van der Waals surface area contributed by atoms with Crippen molar-refractivity contribution >= 4 is 17.3 Å². The van der Waals surface area contributed by atoms with Gasteiger partial charge in [0.25, 0.3) is 0 Å². The summed E-state index contributed by atoms with van der Waals surface area (Å²) >= 11 is 0. The van der Waals surface area contributed by atoms with E-state index in [-0.39, 0.29) is 36.1 Å². The average molecular weight is 302 g/mol. The Kier molecular flexibility index (Phi) is 3.08. The van der Waals surface area contributed by atoms with Gasteiger partial charge in [0, 0.05) is 41.0 Å². The summed E-state index contributed by atoms with van der Waals surface area (Å²) in [6.07, 6.45) is 0.349. The molecule has 0 spiro atoms. The van der Waals surface area contributed by atoms with E-state index in [9.17, 15) is 14.4 Å². The first-order valence-electron chi connectivity index (χ1n) is 7.65. The standard InChI is InChI=1S/C20H14O3/c21-13-10-16(12-6-2-1-3-7-12)18-17(11-13)19(22)14-8-4-5-9-15(14)20(18)23/h1-9,16H,10-11H2. The number of rotatable bonds is 1. The van der Waals surface area contributed by atoms with Crippen molar-refractivity contribution in [2.24, 2.45) is 0 Å². The molecule has 3 nitrogen and oxygen atoms in total. The van der Waals surface area contributed by atoms with E-state index in [1.165, 1.54) is 0 Å². The van der Waals surface area contributed by atoms with Crippen LogP contribution in [-0.2, 0) is 4.79 Å². The van der Waals surface area contributed by atoms with Gasteiger partial charge in [-0.25, -0.2) is 0 Å². The van der Waals surface area contributed by atoms with Gasteiger partial charge in [0.1, 0.15) is 5.78 Å². The first-order chi connectivity index (χ1) is 11.2. The van der Waals surface area contributed by atoms with Gasteiger partial charge in [0.15, 0.2) is 11.6 Å². The number of allylic oxidation sites excluding steroid dienone is 2. The zero-order valence-electron chi connectivity index (χ0n) is 12.4. The summed E-state index contributed by atoms with van der Waals surface area (Å²) < 4.78 is 0. The molecule has 0 amide bonds. The topological polar surface area (TPSA) is 51.2 Å². The molecule has 2 aromatic carbocycles. The van der Waals surface area contributed by atoms with Gasteiger partial charge >= 0.3 is 0 Å². The summed E-state index contributed by atoms with van der Waals surface area (Å²) in [6, 6.07) is 16.4. The van der Waals surface area contributed by atoms with E-state index in [4.69, 9.17) is 0 Å². The maximum absolute atomic E-state index is 13.0. The first kappa shape index (κ1) is 13.8. The molecule has 2 aliphatic rings. The van der Waals surface area contributed by atoms with Crippen LogP contribution in [0.5, 0.6) is 0 Å². The smallest absolute Gasteiger partial charge is 0.190 e. The van der Waals surface area contributed by atoms with Crippen LogP contribution in [-0.4, -0.2) is 17.3 Å². The van der Waals surface area contributed by atoms with E-state index in [1.54, 1.807) is 24.3 Å².